The van der Waals surface area contributed by atoms with Crippen molar-refractivity contribution in [3.63, 3.8) is 0 Å². The number of ether oxygens (including phenoxy) is 2. The van der Waals surface area contributed by atoms with Crippen LogP contribution in [0.1, 0.15) is 51.9 Å². The highest BCUT2D eigenvalue weighted by Gasteiger charge is 2.21. The largest absolute Gasteiger partial charge is 0.491 e. The van der Waals surface area contributed by atoms with E-state index in [1.807, 2.05) is 24.3 Å². The van der Waals surface area contributed by atoms with Crippen molar-refractivity contribution in [2.75, 3.05) is 19.8 Å². The molecule has 2 atom stereocenters. The molecule has 2 aliphatic rings. The van der Waals surface area contributed by atoms with Crippen LogP contribution in [0.5, 0.6) is 5.75 Å². The van der Waals surface area contributed by atoms with Crippen LogP contribution >= 0.6 is 0 Å². The summed E-state index contributed by atoms with van der Waals surface area (Å²) in [5.74, 6) is 0.757. The molecule has 1 aliphatic carbocycles. The molecule has 0 spiro atoms. The minimum atomic E-state index is -0.0200. The Bertz CT molecular complexity index is 1120. The maximum Gasteiger partial charge on any atom is 0.251 e. The third kappa shape index (κ3) is 6.74. The van der Waals surface area contributed by atoms with Crippen molar-refractivity contribution in [1.82, 2.24) is 10.6 Å². The highest BCUT2D eigenvalue weighted by atomic mass is 16.5. The highest BCUT2D eigenvalue weighted by molar-refractivity contribution is 5.94. The molecule has 0 aromatic heterocycles. The van der Waals surface area contributed by atoms with Gasteiger partial charge >= 0.3 is 0 Å². The van der Waals surface area contributed by atoms with E-state index in [4.69, 9.17) is 9.47 Å². The molecule has 5 nitrogen and oxygen atoms in total. The first-order valence-corrected chi connectivity index (χ1v) is 13.2. The van der Waals surface area contributed by atoms with Crippen LogP contribution in [0.15, 0.2) is 72.8 Å². The molecule has 1 aliphatic heterocycles. The van der Waals surface area contributed by atoms with Crippen LogP contribution in [-0.4, -0.2) is 37.8 Å². The summed E-state index contributed by atoms with van der Waals surface area (Å²) < 4.78 is 11.4. The Kier molecular flexibility index (Phi) is 8.32. The third-order valence-electron chi connectivity index (χ3n) is 7.17. The molecule has 1 amide bonds. The first-order chi connectivity index (χ1) is 17.7. The van der Waals surface area contributed by atoms with Gasteiger partial charge in [-0.2, -0.15) is 0 Å². The number of benzene rings is 3. The zero-order valence-electron chi connectivity index (χ0n) is 20.9. The number of hydrogen-bond donors (Lipinski definition) is 2. The minimum absolute atomic E-state index is 0.0200. The molecule has 0 radical (unpaired) electrons. The topological polar surface area (TPSA) is 59.6 Å². The monoisotopic (exact) mass is 484 g/mol. The Hall–Kier alpha value is -3.15. The smallest absolute Gasteiger partial charge is 0.251 e. The highest BCUT2D eigenvalue weighted by Crippen LogP contribution is 2.23. The summed E-state index contributed by atoms with van der Waals surface area (Å²) in [7, 11) is 0. The molecule has 2 N–H and O–H groups in total. The molecule has 3 aromatic carbocycles. The minimum Gasteiger partial charge on any atom is -0.491 e. The lowest BCUT2D eigenvalue weighted by Gasteiger charge is -2.26. The fourth-order valence-electron chi connectivity index (χ4n) is 5.09. The summed E-state index contributed by atoms with van der Waals surface area (Å²) in [4.78, 5) is 12.8. The van der Waals surface area contributed by atoms with Gasteiger partial charge in [0.15, 0.2) is 0 Å². The molecule has 0 bridgehead atoms. The van der Waals surface area contributed by atoms with Crippen molar-refractivity contribution in [2.45, 2.75) is 57.2 Å². The second kappa shape index (κ2) is 12.2. The zero-order valence-corrected chi connectivity index (χ0v) is 20.9. The molecule has 188 valence electrons. The summed E-state index contributed by atoms with van der Waals surface area (Å²) >= 11 is 0. The standard InChI is InChI=1S/C31H36N2O3/c34-31(25-11-14-29(15-12-25)36-22-30-7-4-18-35-30)33-28-13-10-26-19-24(8-9-27(26)20-28)21-32-17-16-23-5-2-1-3-6-23/h1-3,5-6,8-9,11-12,14-15,19,28,30,32H,4,7,10,13,16-18,20-22H2,(H,33,34)/t28-,30-/m0/s1. The van der Waals surface area contributed by atoms with Gasteiger partial charge in [0.25, 0.3) is 5.91 Å². The number of nitrogens with one attached hydrogen (secondary N) is 2. The molecule has 3 aromatic rings. The number of carbonyl (C=O) groups excluding carboxylic acids is 1. The number of fused-ring (bicyclic) bond motifs is 1. The second-order valence-corrected chi connectivity index (χ2v) is 9.90. The van der Waals surface area contributed by atoms with Crippen LogP contribution in [0.2, 0.25) is 0 Å². The molecule has 1 heterocycles. The molecule has 36 heavy (non-hydrogen) atoms. The third-order valence-corrected chi connectivity index (χ3v) is 7.17. The van der Waals surface area contributed by atoms with E-state index < -0.39 is 0 Å². The first kappa shape index (κ1) is 24.5. The lowest BCUT2D eigenvalue weighted by molar-refractivity contribution is 0.0679. The van der Waals surface area contributed by atoms with Gasteiger partial charge in [-0.3, -0.25) is 4.79 Å². The van der Waals surface area contributed by atoms with Crippen molar-refractivity contribution < 1.29 is 14.3 Å². The van der Waals surface area contributed by atoms with Crippen LogP contribution in [0.4, 0.5) is 0 Å². The van der Waals surface area contributed by atoms with E-state index in [9.17, 15) is 4.79 Å². The Morgan fingerprint density at radius 3 is 2.61 bits per heavy atom. The van der Waals surface area contributed by atoms with E-state index in [0.717, 1.165) is 64.0 Å². The quantitative estimate of drug-likeness (QED) is 0.404. The van der Waals surface area contributed by atoms with Gasteiger partial charge in [0.1, 0.15) is 12.4 Å². The summed E-state index contributed by atoms with van der Waals surface area (Å²) in [6.07, 6.45) is 6.23. The Balaban J connectivity index is 1.07. The molecule has 1 saturated heterocycles. The van der Waals surface area contributed by atoms with E-state index in [0.29, 0.717) is 12.2 Å². The Labute approximate surface area is 214 Å². The summed E-state index contributed by atoms with van der Waals surface area (Å²) in [5, 5.41) is 6.80. The van der Waals surface area contributed by atoms with E-state index in [1.165, 1.54) is 22.3 Å². The van der Waals surface area contributed by atoms with Crippen LogP contribution in [0.25, 0.3) is 0 Å². The van der Waals surface area contributed by atoms with Crippen molar-refractivity contribution in [2.24, 2.45) is 0 Å². The number of carbonyl (C=O) groups is 1. The van der Waals surface area contributed by atoms with Gasteiger partial charge in [-0.1, -0.05) is 48.5 Å². The zero-order chi connectivity index (χ0) is 24.6. The average Bonchev–Trinajstić information content (AvgIpc) is 3.45. The van der Waals surface area contributed by atoms with Crippen LogP contribution in [0, 0.1) is 0 Å². The van der Waals surface area contributed by atoms with Gasteiger partial charge in [0.2, 0.25) is 0 Å². The van der Waals surface area contributed by atoms with Gasteiger partial charge in [0.05, 0.1) is 6.10 Å². The van der Waals surface area contributed by atoms with E-state index in [2.05, 4.69) is 59.2 Å². The van der Waals surface area contributed by atoms with Crippen LogP contribution in [0.3, 0.4) is 0 Å². The second-order valence-electron chi connectivity index (χ2n) is 9.90. The van der Waals surface area contributed by atoms with Crippen LogP contribution < -0.4 is 15.4 Å². The van der Waals surface area contributed by atoms with Gasteiger partial charge in [-0.15, -0.1) is 0 Å². The van der Waals surface area contributed by atoms with Gasteiger partial charge < -0.3 is 20.1 Å². The predicted octanol–water partition coefficient (Wildman–Crippen LogP) is 4.86. The molecule has 1 fully saturated rings. The Morgan fingerprint density at radius 2 is 1.81 bits per heavy atom. The van der Waals surface area contributed by atoms with Crippen LogP contribution in [-0.2, 0) is 30.5 Å². The summed E-state index contributed by atoms with van der Waals surface area (Å²) in [6, 6.07) is 25.0. The van der Waals surface area contributed by atoms with E-state index >= 15 is 0 Å². The van der Waals surface area contributed by atoms with Crippen molar-refractivity contribution >= 4 is 5.91 Å². The maximum absolute atomic E-state index is 12.8. The number of aryl methyl sites for hydroxylation is 1. The van der Waals surface area contributed by atoms with E-state index in [-0.39, 0.29) is 18.1 Å². The fourth-order valence-corrected chi connectivity index (χ4v) is 5.09. The Morgan fingerprint density at radius 1 is 0.944 bits per heavy atom. The molecule has 5 rings (SSSR count). The van der Waals surface area contributed by atoms with E-state index in [1.54, 1.807) is 0 Å². The average molecular weight is 485 g/mol. The first-order valence-electron chi connectivity index (χ1n) is 13.2. The number of amides is 1. The molecule has 0 saturated carbocycles. The van der Waals surface area contributed by atoms with Gasteiger partial charge in [-0.25, -0.2) is 0 Å². The molecular weight excluding hydrogens is 448 g/mol. The number of rotatable bonds is 10. The summed E-state index contributed by atoms with van der Waals surface area (Å²) in [6.45, 7) is 3.25. The van der Waals surface area contributed by atoms with Crippen molar-refractivity contribution in [3.8, 4) is 5.75 Å². The maximum atomic E-state index is 12.8. The molecule has 5 heteroatoms. The normalized spacial score (nSPS) is 19.0. The number of hydrogen-bond acceptors (Lipinski definition) is 4. The molecule has 0 unspecified atom stereocenters. The fraction of sp³-hybridized carbons (Fsp3) is 0.387. The molecular formula is C31H36N2O3. The SMILES string of the molecule is O=C(N[C@H]1CCc2cc(CNCCc3ccccc3)ccc2C1)c1ccc(OC[C@@H]2CCCO2)cc1. The van der Waals surface area contributed by atoms with Crippen molar-refractivity contribution in [3.05, 3.63) is 101 Å². The lowest BCUT2D eigenvalue weighted by atomic mass is 9.87. The summed E-state index contributed by atoms with van der Waals surface area (Å²) in [5.41, 5.74) is 6.11. The van der Waals surface area contributed by atoms with Gasteiger partial charge in [-0.05, 0) is 91.6 Å². The van der Waals surface area contributed by atoms with Gasteiger partial charge in [0, 0.05) is 24.8 Å². The predicted molar refractivity (Wildman–Crippen MR) is 142 cm³/mol. The van der Waals surface area contributed by atoms with Crippen molar-refractivity contribution in [1.29, 1.82) is 0 Å². The lowest BCUT2D eigenvalue weighted by Crippen LogP contribution is -2.38.